The van der Waals surface area contributed by atoms with Crippen LogP contribution in [0.25, 0.3) is 0 Å². The summed E-state index contributed by atoms with van der Waals surface area (Å²) in [5, 5.41) is 6.24. The van der Waals surface area contributed by atoms with Gasteiger partial charge in [0.25, 0.3) is 5.91 Å². The zero-order chi connectivity index (χ0) is 19.4. The van der Waals surface area contributed by atoms with E-state index in [1.807, 2.05) is 55.2 Å². The van der Waals surface area contributed by atoms with Gasteiger partial charge in [0.15, 0.2) is 0 Å². The summed E-state index contributed by atoms with van der Waals surface area (Å²) in [4.78, 5) is 15.2. The van der Waals surface area contributed by atoms with Gasteiger partial charge in [-0.05, 0) is 49.9 Å². The minimum absolute atomic E-state index is 0.0154. The van der Waals surface area contributed by atoms with Gasteiger partial charge in [0, 0.05) is 25.4 Å². The molecule has 0 bridgehead atoms. The second kappa shape index (κ2) is 8.39. The highest BCUT2D eigenvalue weighted by molar-refractivity contribution is 7.12. The highest BCUT2D eigenvalue weighted by Gasteiger charge is 2.16. The maximum atomic E-state index is 12.7. The number of hydrogen-bond donors (Lipinski definition) is 0. The number of nitrogens with zero attached hydrogens (tertiary/aromatic N) is 3. The molecule has 142 valence electrons. The Labute approximate surface area is 164 Å². The molecule has 1 aromatic carbocycles. The zero-order valence-electron chi connectivity index (χ0n) is 16.2. The fourth-order valence-electron chi connectivity index (χ4n) is 2.97. The highest BCUT2D eigenvalue weighted by Crippen LogP contribution is 2.22. The van der Waals surface area contributed by atoms with E-state index in [1.165, 1.54) is 16.9 Å². The van der Waals surface area contributed by atoms with Crippen LogP contribution in [-0.4, -0.2) is 27.6 Å². The van der Waals surface area contributed by atoms with E-state index < -0.39 is 0 Å². The first-order valence-corrected chi connectivity index (χ1v) is 9.89. The molecule has 0 aliphatic carbocycles. The van der Waals surface area contributed by atoms with Crippen molar-refractivity contribution in [1.82, 2.24) is 14.7 Å². The van der Waals surface area contributed by atoms with E-state index in [0.717, 1.165) is 34.0 Å². The van der Waals surface area contributed by atoms with E-state index >= 15 is 0 Å². The van der Waals surface area contributed by atoms with E-state index in [9.17, 15) is 4.79 Å². The number of thiophene rings is 1. The Morgan fingerprint density at radius 2 is 2.07 bits per heavy atom. The predicted octanol–water partition coefficient (Wildman–Crippen LogP) is 4.43. The lowest BCUT2D eigenvalue weighted by atomic mass is 10.1. The summed E-state index contributed by atoms with van der Waals surface area (Å²) < 4.78 is 7.82. The Morgan fingerprint density at radius 3 is 2.81 bits per heavy atom. The highest BCUT2D eigenvalue weighted by atomic mass is 32.1. The number of carbonyl (C=O) groups excluding carboxylic acids is 1. The molecular weight excluding hydrogens is 358 g/mol. The predicted molar refractivity (Wildman–Crippen MR) is 108 cm³/mol. The smallest absolute Gasteiger partial charge is 0.264 e. The molecule has 0 spiro atoms. The van der Waals surface area contributed by atoms with Crippen molar-refractivity contribution in [3.63, 3.8) is 0 Å². The van der Waals surface area contributed by atoms with Crippen molar-refractivity contribution in [1.29, 1.82) is 0 Å². The van der Waals surface area contributed by atoms with Crippen LogP contribution in [0, 0.1) is 13.8 Å². The summed E-state index contributed by atoms with van der Waals surface area (Å²) in [5.74, 6) is 0.895. The van der Waals surface area contributed by atoms with Gasteiger partial charge in [-0.2, -0.15) is 5.10 Å². The van der Waals surface area contributed by atoms with E-state index in [2.05, 4.69) is 18.1 Å². The van der Waals surface area contributed by atoms with Crippen molar-refractivity contribution >= 4 is 17.2 Å². The molecule has 5 nitrogen and oxygen atoms in total. The Hall–Kier alpha value is -2.60. The molecular formula is C21H25N3O2S. The average Bonchev–Trinajstić information content (AvgIpc) is 3.29. The van der Waals surface area contributed by atoms with Crippen LogP contribution in [0.4, 0.5) is 0 Å². The number of aryl methyl sites for hydroxylation is 3. The zero-order valence-corrected chi connectivity index (χ0v) is 17.0. The topological polar surface area (TPSA) is 47.4 Å². The van der Waals surface area contributed by atoms with Crippen LogP contribution in [0.5, 0.6) is 5.75 Å². The van der Waals surface area contributed by atoms with Crippen LogP contribution >= 0.6 is 11.3 Å². The van der Waals surface area contributed by atoms with Crippen molar-refractivity contribution in [3.05, 3.63) is 69.2 Å². The molecule has 0 aliphatic heterocycles. The third kappa shape index (κ3) is 4.57. The number of amides is 1. The first-order chi connectivity index (χ1) is 13.0. The fourth-order valence-corrected chi connectivity index (χ4v) is 3.86. The summed E-state index contributed by atoms with van der Waals surface area (Å²) >= 11 is 1.46. The second-order valence-electron chi connectivity index (χ2n) is 6.68. The second-order valence-corrected chi connectivity index (χ2v) is 7.59. The van der Waals surface area contributed by atoms with Gasteiger partial charge < -0.3 is 9.64 Å². The Balaban J connectivity index is 1.61. The molecule has 0 saturated heterocycles. The molecule has 0 aliphatic rings. The van der Waals surface area contributed by atoms with E-state index in [-0.39, 0.29) is 5.91 Å². The molecule has 0 unspecified atom stereocenters. The Morgan fingerprint density at radius 1 is 1.26 bits per heavy atom. The Kier molecular flexibility index (Phi) is 5.96. The number of aromatic nitrogens is 2. The molecule has 0 radical (unpaired) electrons. The molecule has 0 N–H and O–H groups in total. The Bertz CT molecular complexity index is 929. The quantitative estimate of drug-likeness (QED) is 0.606. The number of hydrogen-bond acceptors (Lipinski definition) is 4. The van der Waals surface area contributed by atoms with Gasteiger partial charge in [-0.15, -0.1) is 11.3 Å². The van der Waals surface area contributed by atoms with Gasteiger partial charge in [0.2, 0.25) is 0 Å². The van der Waals surface area contributed by atoms with E-state index in [4.69, 9.17) is 4.74 Å². The lowest BCUT2D eigenvalue weighted by molar-refractivity contribution is 0.0786. The van der Waals surface area contributed by atoms with Crippen LogP contribution in [-0.2, 0) is 19.7 Å². The number of rotatable bonds is 7. The molecule has 0 fully saturated rings. The van der Waals surface area contributed by atoms with Gasteiger partial charge in [-0.3, -0.25) is 9.48 Å². The SMILES string of the molecule is CCn1nccc1CN(C)C(=O)c1cc(COc2ccc(C)cc2C)cs1. The lowest BCUT2D eigenvalue weighted by Gasteiger charge is -2.16. The van der Waals surface area contributed by atoms with Crippen molar-refractivity contribution in [2.24, 2.45) is 0 Å². The van der Waals surface area contributed by atoms with E-state index in [1.54, 1.807) is 11.1 Å². The maximum absolute atomic E-state index is 12.7. The lowest BCUT2D eigenvalue weighted by Crippen LogP contribution is -2.26. The van der Waals surface area contributed by atoms with E-state index in [0.29, 0.717) is 13.2 Å². The molecule has 0 atom stereocenters. The van der Waals surface area contributed by atoms with Crippen molar-refractivity contribution < 1.29 is 9.53 Å². The summed E-state index contributed by atoms with van der Waals surface area (Å²) in [6, 6.07) is 10.0. The molecule has 27 heavy (non-hydrogen) atoms. The molecule has 3 aromatic rings. The van der Waals surface area contributed by atoms with Gasteiger partial charge in [0.1, 0.15) is 12.4 Å². The molecule has 1 amide bonds. The molecule has 2 aromatic heterocycles. The largest absolute Gasteiger partial charge is 0.489 e. The summed E-state index contributed by atoms with van der Waals surface area (Å²) in [6.45, 7) is 7.94. The number of carbonyl (C=O) groups is 1. The van der Waals surface area contributed by atoms with Crippen molar-refractivity contribution in [2.75, 3.05) is 7.05 Å². The van der Waals surface area contributed by atoms with Gasteiger partial charge in [-0.25, -0.2) is 0 Å². The molecule has 0 saturated carbocycles. The fraction of sp³-hybridized carbons (Fsp3) is 0.333. The van der Waals surface area contributed by atoms with Crippen LogP contribution in [0.3, 0.4) is 0 Å². The summed E-state index contributed by atoms with van der Waals surface area (Å²) in [5.41, 5.74) is 4.38. The third-order valence-electron chi connectivity index (χ3n) is 4.44. The maximum Gasteiger partial charge on any atom is 0.264 e. The summed E-state index contributed by atoms with van der Waals surface area (Å²) in [6.07, 6.45) is 1.77. The number of benzene rings is 1. The average molecular weight is 384 g/mol. The monoisotopic (exact) mass is 383 g/mol. The van der Waals surface area contributed by atoms with Gasteiger partial charge >= 0.3 is 0 Å². The number of ether oxygens (including phenoxy) is 1. The molecule has 3 rings (SSSR count). The third-order valence-corrected chi connectivity index (χ3v) is 5.41. The van der Waals surface area contributed by atoms with Crippen LogP contribution in [0.2, 0.25) is 0 Å². The van der Waals surface area contributed by atoms with Crippen LogP contribution < -0.4 is 4.74 Å². The molecule has 6 heteroatoms. The standard InChI is InChI=1S/C21H25N3O2S/c1-5-24-18(8-9-22-24)12-23(4)21(25)20-11-17(14-27-20)13-26-19-7-6-15(2)10-16(19)3/h6-11,14H,5,12-13H2,1-4H3. The van der Waals surface area contributed by atoms with Crippen molar-refractivity contribution in [3.8, 4) is 5.75 Å². The van der Waals surface area contributed by atoms with Crippen LogP contribution in [0.1, 0.15) is 39.0 Å². The first-order valence-electron chi connectivity index (χ1n) is 9.01. The summed E-state index contributed by atoms with van der Waals surface area (Å²) in [7, 11) is 1.82. The first kappa shape index (κ1) is 19.2. The van der Waals surface area contributed by atoms with Gasteiger partial charge in [0.05, 0.1) is 17.1 Å². The van der Waals surface area contributed by atoms with Crippen molar-refractivity contribution in [2.45, 2.75) is 40.5 Å². The normalized spacial score (nSPS) is 10.8. The van der Waals surface area contributed by atoms with Gasteiger partial charge in [-0.1, -0.05) is 17.7 Å². The van der Waals surface area contributed by atoms with Crippen LogP contribution in [0.15, 0.2) is 41.9 Å². The minimum Gasteiger partial charge on any atom is -0.489 e. The molecule has 2 heterocycles. The minimum atomic E-state index is 0.0154.